The Hall–Kier alpha value is -0.250. The second-order valence-corrected chi connectivity index (χ2v) is 7.37. The van der Waals surface area contributed by atoms with Gasteiger partial charge in [0.2, 0.25) is 0 Å². The Balaban J connectivity index is 2.08. The first kappa shape index (κ1) is 14.2. The Kier molecular flexibility index (Phi) is 4.93. The van der Waals surface area contributed by atoms with Crippen LogP contribution in [0, 0.1) is 5.41 Å². The Morgan fingerprint density at radius 2 is 2.44 bits per heavy atom. The average Bonchev–Trinajstić information content (AvgIpc) is 2.74. The van der Waals surface area contributed by atoms with E-state index in [0.717, 1.165) is 22.7 Å². The molecule has 0 radical (unpaired) electrons. The lowest BCUT2D eigenvalue weighted by atomic mass is 10.2. The van der Waals surface area contributed by atoms with E-state index in [-0.39, 0.29) is 0 Å². The summed E-state index contributed by atoms with van der Waals surface area (Å²) in [7, 11) is 1.67. The Morgan fingerprint density at radius 1 is 1.67 bits per heavy atom. The second-order valence-electron chi connectivity index (χ2n) is 3.78. The molecule has 0 aromatic carbocycles. The minimum Gasteiger partial charge on any atom is -0.768 e. The van der Waals surface area contributed by atoms with Crippen LogP contribution in [0.25, 0.3) is 0 Å². The Morgan fingerprint density at radius 3 is 3.11 bits per heavy atom. The topological polar surface area (TPSA) is 76.5 Å². The number of hydrogen-bond donors (Lipinski definition) is 1. The van der Waals surface area contributed by atoms with E-state index < -0.39 is 11.1 Å². The second kappa shape index (κ2) is 6.27. The number of nitrogens with zero attached hydrogens (tertiary/aromatic N) is 1. The lowest BCUT2D eigenvalue weighted by Crippen LogP contribution is -2.29. The van der Waals surface area contributed by atoms with Gasteiger partial charge >= 0.3 is 0 Å². The third-order valence-electron chi connectivity index (χ3n) is 2.47. The number of fused-ring (bicyclic) bond motifs is 1. The molecule has 0 saturated carbocycles. The van der Waals surface area contributed by atoms with Crippen LogP contribution in [0.15, 0.2) is 14.5 Å². The zero-order valence-electron chi connectivity index (χ0n) is 9.80. The lowest BCUT2D eigenvalue weighted by Gasteiger charge is -2.25. The third-order valence-corrected chi connectivity index (χ3v) is 5.73. The summed E-state index contributed by atoms with van der Waals surface area (Å²) in [6, 6.07) is 1.59. The zero-order valence-corrected chi connectivity index (χ0v) is 12.3. The van der Waals surface area contributed by atoms with Gasteiger partial charge in [-0.3, -0.25) is 4.21 Å². The summed E-state index contributed by atoms with van der Waals surface area (Å²) in [5.74, 6) is 0. The number of ether oxygens (including phenoxy) is 1. The summed E-state index contributed by atoms with van der Waals surface area (Å²) in [5, 5.41) is 7.96. The molecule has 0 bridgehead atoms. The van der Waals surface area contributed by atoms with E-state index >= 15 is 0 Å². The van der Waals surface area contributed by atoms with Crippen molar-refractivity contribution in [3.05, 3.63) is 11.6 Å². The number of hydrogen-bond acceptors (Lipinski definition) is 7. The highest BCUT2D eigenvalue weighted by Gasteiger charge is 2.24. The monoisotopic (exact) mass is 305 g/mol. The van der Waals surface area contributed by atoms with E-state index in [2.05, 4.69) is 4.31 Å². The molecule has 0 fully saturated rings. The van der Waals surface area contributed by atoms with Crippen LogP contribution in [0.5, 0.6) is 0 Å². The van der Waals surface area contributed by atoms with E-state index in [1.807, 2.05) is 0 Å². The summed E-state index contributed by atoms with van der Waals surface area (Å²) in [6.07, 6.45) is 0.901. The number of nitrogens with one attached hydrogen (secondary N) is 1. The van der Waals surface area contributed by atoms with Gasteiger partial charge in [-0.05, 0) is 35.5 Å². The maximum absolute atomic E-state index is 10.9. The Bertz CT molecular complexity index is 475. The average molecular weight is 305 g/mol. The van der Waals surface area contributed by atoms with Crippen LogP contribution in [-0.4, -0.2) is 45.6 Å². The van der Waals surface area contributed by atoms with Gasteiger partial charge in [0.1, 0.15) is 0 Å². The van der Waals surface area contributed by atoms with Crippen molar-refractivity contribution in [2.45, 2.75) is 14.8 Å². The molecule has 100 valence electrons. The standard InChI is InChI=1S/C10H14N2O3S3/c1-15-4-2-3-12-6-8(11)7-5-9(18(13)14)16-10(7)17-12/h5,11H,2-4,6H2,1H3,(H,13,14)/p-1. The summed E-state index contributed by atoms with van der Waals surface area (Å²) >= 11 is 0.551. The van der Waals surface area contributed by atoms with Crippen LogP contribution in [0.3, 0.4) is 0 Å². The van der Waals surface area contributed by atoms with Crippen LogP contribution in [0.4, 0.5) is 0 Å². The van der Waals surface area contributed by atoms with Gasteiger partial charge in [0, 0.05) is 25.8 Å². The Labute approximate surface area is 116 Å². The van der Waals surface area contributed by atoms with Gasteiger partial charge in [0.25, 0.3) is 0 Å². The van der Waals surface area contributed by atoms with E-state index in [1.54, 1.807) is 13.2 Å². The fourth-order valence-corrected chi connectivity index (χ4v) is 4.84. The van der Waals surface area contributed by atoms with Gasteiger partial charge in [0.15, 0.2) is 0 Å². The molecule has 2 rings (SSSR count). The van der Waals surface area contributed by atoms with Gasteiger partial charge in [-0.15, -0.1) is 11.3 Å². The molecule has 0 spiro atoms. The molecule has 8 heteroatoms. The van der Waals surface area contributed by atoms with E-state index in [9.17, 15) is 8.76 Å². The lowest BCUT2D eigenvalue weighted by molar-refractivity contribution is 0.189. The van der Waals surface area contributed by atoms with Crippen molar-refractivity contribution in [1.29, 1.82) is 5.41 Å². The van der Waals surface area contributed by atoms with Crippen molar-refractivity contribution in [1.82, 2.24) is 4.31 Å². The van der Waals surface area contributed by atoms with Gasteiger partial charge < -0.3 is 14.7 Å². The molecule has 1 aliphatic rings. The maximum atomic E-state index is 10.9. The van der Waals surface area contributed by atoms with Crippen LogP contribution in [0.2, 0.25) is 0 Å². The first-order chi connectivity index (χ1) is 8.61. The molecule has 1 unspecified atom stereocenters. The van der Waals surface area contributed by atoms with E-state index in [1.165, 1.54) is 23.3 Å². The van der Waals surface area contributed by atoms with Crippen molar-refractivity contribution in [3.63, 3.8) is 0 Å². The van der Waals surface area contributed by atoms with E-state index in [4.69, 9.17) is 10.1 Å². The van der Waals surface area contributed by atoms with Gasteiger partial charge in [-0.1, -0.05) is 0 Å². The number of methoxy groups -OCH3 is 1. The molecule has 0 aliphatic carbocycles. The van der Waals surface area contributed by atoms with Gasteiger partial charge in [-0.25, -0.2) is 4.31 Å². The van der Waals surface area contributed by atoms with Crippen molar-refractivity contribution < 1.29 is 13.5 Å². The molecule has 1 N–H and O–H groups in total. The van der Waals surface area contributed by atoms with Gasteiger partial charge in [-0.2, -0.15) is 0 Å². The molecule has 0 saturated heterocycles. The fraction of sp³-hybridized carbons (Fsp3) is 0.500. The van der Waals surface area contributed by atoms with Crippen LogP contribution < -0.4 is 0 Å². The quantitative estimate of drug-likeness (QED) is 0.509. The number of thiophene rings is 1. The highest BCUT2D eigenvalue weighted by Crippen LogP contribution is 2.39. The molecular weight excluding hydrogens is 292 g/mol. The summed E-state index contributed by atoms with van der Waals surface area (Å²) in [6.45, 7) is 2.06. The minimum absolute atomic E-state index is 0.302. The van der Waals surface area contributed by atoms with Crippen LogP contribution in [-0.2, 0) is 15.8 Å². The highest BCUT2D eigenvalue weighted by atomic mass is 32.2. The first-order valence-corrected chi connectivity index (χ1v) is 8.01. The van der Waals surface area contributed by atoms with E-state index in [0.29, 0.717) is 23.1 Å². The van der Waals surface area contributed by atoms with Crippen LogP contribution in [0.1, 0.15) is 12.0 Å². The number of rotatable bonds is 5. The molecule has 0 amide bonds. The largest absolute Gasteiger partial charge is 0.768 e. The van der Waals surface area contributed by atoms with Gasteiger partial charge in [0.05, 0.1) is 20.7 Å². The highest BCUT2D eigenvalue weighted by molar-refractivity contribution is 7.99. The van der Waals surface area contributed by atoms with Crippen molar-refractivity contribution in [2.75, 3.05) is 26.8 Å². The molecule has 18 heavy (non-hydrogen) atoms. The molecular formula is C10H13N2O3S3-. The summed E-state index contributed by atoms with van der Waals surface area (Å²) < 4.78 is 30.1. The summed E-state index contributed by atoms with van der Waals surface area (Å²) in [5.41, 5.74) is 1.24. The molecule has 5 nitrogen and oxygen atoms in total. The predicted octanol–water partition coefficient (Wildman–Crippen LogP) is 1.71. The van der Waals surface area contributed by atoms with Crippen molar-refractivity contribution in [3.8, 4) is 0 Å². The fourth-order valence-electron chi connectivity index (χ4n) is 1.63. The third kappa shape index (κ3) is 3.19. The van der Waals surface area contributed by atoms with Crippen molar-refractivity contribution >= 4 is 40.1 Å². The zero-order chi connectivity index (χ0) is 13.1. The normalized spacial score (nSPS) is 17.8. The molecule has 1 aliphatic heterocycles. The maximum Gasteiger partial charge on any atom is 0.0857 e. The molecule has 2 heterocycles. The molecule has 1 aromatic rings. The smallest absolute Gasteiger partial charge is 0.0857 e. The molecule has 1 atom stereocenters. The molecule has 1 aromatic heterocycles. The first-order valence-electron chi connectivity index (χ1n) is 5.34. The minimum atomic E-state index is -2.21. The van der Waals surface area contributed by atoms with Crippen LogP contribution >= 0.6 is 23.3 Å². The SMILES string of the molecule is COCCCN1CC(=N)c2cc(S(=O)[O-])sc2S1. The predicted molar refractivity (Wildman–Crippen MR) is 72.3 cm³/mol. The van der Waals surface area contributed by atoms with Crippen molar-refractivity contribution in [2.24, 2.45) is 0 Å². The summed E-state index contributed by atoms with van der Waals surface area (Å²) in [4.78, 5) is 0.